The number of ether oxygens (including phenoxy) is 1. The molecule has 2 aliphatic rings. The summed E-state index contributed by atoms with van der Waals surface area (Å²) in [6.45, 7) is 6.52. The number of aliphatic carboxylic acids is 1. The second-order valence-corrected chi connectivity index (χ2v) is 9.75. The van der Waals surface area contributed by atoms with Gasteiger partial charge in [-0.2, -0.15) is 0 Å². The van der Waals surface area contributed by atoms with Gasteiger partial charge >= 0.3 is 5.97 Å². The second kappa shape index (κ2) is 11.1. The normalized spacial score (nSPS) is 19.7. The SMILES string of the molecule is CC(C)C[C@@](NCc1ccc(NCC2CCOCC2)c([N+](=O)[O-])c1)(C(=O)O)C1CCCC1. The minimum atomic E-state index is -1.00. The second-order valence-electron chi connectivity index (χ2n) is 9.75. The number of carboxylic acid groups (broad SMARTS) is 1. The standard InChI is InChI=1S/C24H37N3O5/c1-17(2)14-24(23(28)29,20-5-3-4-6-20)26-16-19-7-8-21(22(13-19)27(30)31)25-15-18-9-11-32-12-10-18/h7-8,13,17-18,20,25-26H,3-6,9-12,14-16H2,1-2H3,(H,28,29)/t24-/m0/s1. The predicted octanol–water partition coefficient (Wildman–Crippen LogP) is 4.58. The first kappa shape index (κ1) is 24.5. The predicted molar refractivity (Wildman–Crippen MR) is 124 cm³/mol. The minimum Gasteiger partial charge on any atom is -0.480 e. The largest absolute Gasteiger partial charge is 0.480 e. The maximum absolute atomic E-state index is 12.4. The maximum Gasteiger partial charge on any atom is 0.324 e. The molecule has 8 heteroatoms. The lowest BCUT2D eigenvalue weighted by molar-refractivity contribution is -0.384. The number of carbonyl (C=O) groups is 1. The lowest BCUT2D eigenvalue weighted by atomic mass is 9.76. The van der Waals surface area contributed by atoms with Crippen LogP contribution in [-0.2, 0) is 16.1 Å². The van der Waals surface area contributed by atoms with Crippen molar-refractivity contribution in [2.75, 3.05) is 25.1 Å². The molecule has 32 heavy (non-hydrogen) atoms. The number of nitrogens with one attached hydrogen (secondary N) is 2. The molecule has 2 fully saturated rings. The van der Waals surface area contributed by atoms with E-state index in [1.807, 2.05) is 19.9 Å². The molecule has 1 atom stereocenters. The summed E-state index contributed by atoms with van der Waals surface area (Å²) in [5, 5.41) is 28.5. The van der Waals surface area contributed by atoms with E-state index in [9.17, 15) is 20.0 Å². The summed E-state index contributed by atoms with van der Waals surface area (Å²) in [5.41, 5.74) is 0.259. The summed E-state index contributed by atoms with van der Waals surface area (Å²) in [6, 6.07) is 5.16. The zero-order valence-corrected chi connectivity index (χ0v) is 19.3. The molecule has 178 valence electrons. The summed E-state index contributed by atoms with van der Waals surface area (Å²) < 4.78 is 5.38. The summed E-state index contributed by atoms with van der Waals surface area (Å²) in [7, 11) is 0. The topological polar surface area (TPSA) is 114 Å². The highest BCUT2D eigenvalue weighted by atomic mass is 16.6. The van der Waals surface area contributed by atoms with E-state index in [4.69, 9.17) is 4.74 Å². The van der Waals surface area contributed by atoms with Gasteiger partial charge in [0.2, 0.25) is 0 Å². The van der Waals surface area contributed by atoms with E-state index in [2.05, 4.69) is 10.6 Å². The Morgan fingerprint density at radius 1 is 1.25 bits per heavy atom. The van der Waals surface area contributed by atoms with Crippen LogP contribution in [0.15, 0.2) is 18.2 Å². The average molecular weight is 448 g/mol. The van der Waals surface area contributed by atoms with Gasteiger partial charge in [0.25, 0.3) is 5.69 Å². The Bertz CT molecular complexity index is 788. The van der Waals surface area contributed by atoms with Crippen molar-refractivity contribution >= 4 is 17.3 Å². The Hall–Kier alpha value is -2.19. The number of anilines is 1. The number of benzene rings is 1. The monoisotopic (exact) mass is 447 g/mol. The van der Waals surface area contributed by atoms with Crippen LogP contribution >= 0.6 is 0 Å². The number of nitro groups is 1. The van der Waals surface area contributed by atoms with Gasteiger partial charge in [0.15, 0.2) is 0 Å². The number of nitro benzene ring substituents is 1. The third kappa shape index (κ3) is 5.98. The molecule has 1 aliphatic heterocycles. The molecule has 0 bridgehead atoms. The number of nitrogens with zero attached hydrogens (tertiary/aromatic N) is 1. The van der Waals surface area contributed by atoms with Crippen LogP contribution in [-0.4, -0.2) is 41.3 Å². The first-order valence-corrected chi connectivity index (χ1v) is 11.9. The Balaban J connectivity index is 1.74. The van der Waals surface area contributed by atoms with E-state index in [0.29, 0.717) is 24.6 Å². The van der Waals surface area contributed by atoms with Gasteiger partial charge in [0.1, 0.15) is 11.2 Å². The van der Waals surface area contributed by atoms with Crippen LogP contribution in [0.4, 0.5) is 11.4 Å². The molecule has 1 aliphatic carbocycles. The zero-order valence-electron chi connectivity index (χ0n) is 19.3. The van der Waals surface area contributed by atoms with E-state index in [1.165, 1.54) is 0 Å². The molecule has 1 saturated carbocycles. The Morgan fingerprint density at radius 3 is 2.53 bits per heavy atom. The van der Waals surface area contributed by atoms with Crippen molar-refractivity contribution in [1.82, 2.24) is 5.32 Å². The Labute approximate surface area is 190 Å². The van der Waals surface area contributed by atoms with Gasteiger partial charge in [-0.1, -0.05) is 32.8 Å². The van der Waals surface area contributed by atoms with Crippen molar-refractivity contribution in [3.05, 3.63) is 33.9 Å². The van der Waals surface area contributed by atoms with Gasteiger partial charge in [-0.3, -0.25) is 20.2 Å². The van der Waals surface area contributed by atoms with Crippen molar-refractivity contribution in [2.24, 2.45) is 17.8 Å². The fourth-order valence-electron chi connectivity index (χ4n) is 5.24. The lowest BCUT2D eigenvalue weighted by Crippen LogP contribution is -2.57. The molecular formula is C24H37N3O5. The number of rotatable bonds is 11. The van der Waals surface area contributed by atoms with Crippen LogP contribution in [0.1, 0.15) is 64.4 Å². The van der Waals surface area contributed by atoms with E-state index < -0.39 is 11.5 Å². The first-order valence-electron chi connectivity index (χ1n) is 11.9. The summed E-state index contributed by atoms with van der Waals surface area (Å²) in [6.07, 6.45) is 6.37. The fourth-order valence-corrected chi connectivity index (χ4v) is 5.24. The summed E-state index contributed by atoms with van der Waals surface area (Å²) in [4.78, 5) is 23.8. The van der Waals surface area contributed by atoms with Crippen molar-refractivity contribution in [3.63, 3.8) is 0 Å². The van der Waals surface area contributed by atoms with Gasteiger partial charge in [0.05, 0.1) is 4.92 Å². The van der Waals surface area contributed by atoms with Gasteiger partial charge in [-0.05, 0) is 61.5 Å². The van der Waals surface area contributed by atoms with Crippen molar-refractivity contribution in [3.8, 4) is 0 Å². The Morgan fingerprint density at radius 2 is 1.94 bits per heavy atom. The molecule has 3 N–H and O–H groups in total. The van der Waals surface area contributed by atoms with E-state index in [-0.39, 0.29) is 29.0 Å². The number of hydrogen-bond acceptors (Lipinski definition) is 6. The average Bonchev–Trinajstić information content (AvgIpc) is 3.31. The van der Waals surface area contributed by atoms with Gasteiger partial charge < -0.3 is 15.2 Å². The van der Waals surface area contributed by atoms with Gasteiger partial charge in [0, 0.05) is 32.4 Å². The highest BCUT2D eigenvalue weighted by Crippen LogP contribution is 2.38. The van der Waals surface area contributed by atoms with Crippen LogP contribution < -0.4 is 10.6 Å². The Kier molecular flexibility index (Phi) is 8.48. The van der Waals surface area contributed by atoms with E-state index >= 15 is 0 Å². The van der Waals surface area contributed by atoms with Crippen LogP contribution in [0.2, 0.25) is 0 Å². The molecule has 1 aromatic rings. The summed E-state index contributed by atoms with van der Waals surface area (Å²) in [5.74, 6) is -0.0613. The van der Waals surface area contributed by atoms with Gasteiger partial charge in [-0.25, -0.2) is 0 Å². The molecule has 0 amide bonds. The van der Waals surface area contributed by atoms with Gasteiger partial charge in [-0.15, -0.1) is 0 Å². The molecular weight excluding hydrogens is 410 g/mol. The molecule has 1 aromatic carbocycles. The smallest absolute Gasteiger partial charge is 0.324 e. The van der Waals surface area contributed by atoms with Crippen molar-refractivity contribution in [1.29, 1.82) is 0 Å². The van der Waals surface area contributed by atoms with E-state index in [1.54, 1.807) is 12.1 Å². The van der Waals surface area contributed by atoms with Crippen LogP contribution in [0.5, 0.6) is 0 Å². The van der Waals surface area contributed by atoms with Crippen molar-refractivity contribution in [2.45, 2.75) is 70.9 Å². The van der Waals surface area contributed by atoms with Crippen LogP contribution in [0.25, 0.3) is 0 Å². The molecule has 1 saturated heterocycles. The number of hydrogen-bond donors (Lipinski definition) is 3. The van der Waals surface area contributed by atoms with Crippen LogP contribution in [0, 0.1) is 27.9 Å². The molecule has 0 aromatic heterocycles. The maximum atomic E-state index is 12.4. The third-order valence-corrected chi connectivity index (χ3v) is 6.95. The highest BCUT2D eigenvalue weighted by molar-refractivity contribution is 5.79. The molecule has 1 heterocycles. The molecule has 0 radical (unpaired) electrons. The molecule has 8 nitrogen and oxygen atoms in total. The lowest BCUT2D eigenvalue weighted by Gasteiger charge is -2.38. The minimum absolute atomic E-state index is 0.0296. The molecule has 3 rings (SSSR count). The number of carboxylic acids is 1. The first-order chi connectivity index (χ1) is 15.3. The zero-order chi connectivity index (χ0) is 23.1. The fraction of sp³-hybridized carbons (Fsp3) is 0.708. The van der Waals surface area contributed by atoms with Crippen LogP contribution in [0.3, 0.4) is 0 Å². The van der Waals surface area contributed by atoms with E-state index in [0.717, 1.165) is 57.3 Å². The van der Waals surface area contributed by atoms with Crippen molar-refractivity contribution < 1.29 is 19.6 Å². The summed E-state index contributed by atoms with van der Waals surface area (Å²) >= 11 is 0. The highest BCUT2D eigenvalue weighted by Gasteiger charge is 2.46. The molecule has 0 unspecified atom stereocenters. The quantitative estimate of drug-likeness (QED) is 0.336. The molecule has 0 spiro atoms. The third-order valence-electron chi connectivity index (χ3n) is 6.95.